The molecule has 1 heterocycles. The molecule has 1 saturated heterocycles. The van der Waals surface area contributed by atoms with Gasteiger partial charge in [0, 0.05) is 45.9 Å². The third kappa shape index (κ3) is 4.57. The number of rotatable bonds is 7. The average Bonchev–Trinajstić information content (AvgIpc) is 2.06. The van der Waals surface area contributed by atoms with Gasteiger partial charge in [-0.2, -0.15) is 0 Å². The molecule has 0 unspecified atom stereocenters. The van der Waals surface area contributed by atoms with Crippen LogP contribution in [0.5, 0.6) is 0 Å². The summed E-state index contributed by atoms with van der Waals surface area (Å²) in [5.74, 6) is 0. The molecule has 1 fully saturated rings. The second-order valence-corrected chi connectivity index (χ2v) is 3.61. The minimum absolute atomic E-state index is 0.704. The van der Waals surface area contributed by atoms with Crippen molar-refractivity contribution >= 4 is 0 Å². The molecule has 4 heteroatoms. The fourth-order valence-corrected chi connectivity index (χ4v) is 1.25. The number of nitrogens with one attached hydrogen (secondary N) is 2. The van der Waals surface area contributed by atoms with Crippen molar-refractivity contribution in [2.75, 3.05) is 53.5 Å². The van der Waals surface area contributed by atoms with Crippen LogP contribution in [0.4, 0.5) is 0 Å². The molecule has 0 aromatic heterocycles. The van der Waals surface area contributed by atoms with Crippen LogP contribution in [-0.2, 0) is 4.74 Å². The molecule has 78 valence electrons. The van der Waals surface area contributed by atoms with Crippen LogP contribution in [0.1, 0.15) is 0 Å². The number of nitrogens with zero attached hydrogens (tertiary/aromatic N) is 1. The Kier molecular flexibility index (Phi) is 5.31. The standard InChI is InChI=1S/C9H21N3O/c1-12(5-6-13-2)4-3-11-9-7-10-8-9/h9-11H,3-8H2,1-2H3. The molecule has 0 atom stereocenters. The third-order valence-electron chi connectivity index (χ3n) is 2.39. The Hall–Kier alpha value is -0.160. The van der Waals surface area contributed by atoms with E-state index in [0.29, 0.717) is 6.04 Å². The van der Waals surface area contributed by atoms with Crippen LogP contribution >= 0.6 is 0 Å². The van der Waals surface area contributed by atoms with Crippen molar-refractivity contribution in [1.29, 1.82) is 0 Å². The van der Waals surface area contributed by atoms with Gasteiger partial charge in [0.1, 0.15) is 0 Å². The first-order valence-corrected chi connectivity index (χ1v) is 4.94. The summed E-state index contributed by atoms with van der Waals surface area (Å²) >= 11 is 0. The SMILES string of the molecule is COCCN(C)CCNC1CNC1. The molecule has 1 aliphatic heterocycles. The maximum Gasteiger partial charge on any atom is 0.0589 e. The number of likely N-dealkylation sites (N-methyl/N-ethyl adjacent to an activating group) is 1. The van der Waals surface area contributed by atoms with Crippen molar-refractivity contribution in [2.45, 2.75) is 6.04 Å². The maximum atomic E-state index is 5.00. The Morgan fingerprint density at radius 2 is 2.23 bits per heavy atom. The number of methoxy groups -OCH3 is 1. The number of hydrogen-bond donors (Lipinski definition) is 2. The summed E-state index contributed by atoms with van der Waals surface area (Å²) in [5.41, 5.74) is 0. The van der Waals surface area contributed by atoms with Crippen molar-refractivity contribution in [3.05, 3.63) is 0 Å². The normalized spacial score (nSPS) is 17.8. The molecular weight excluding hydrogens is 166 g/mol. The second-order valence-electron chi connectivity index (χ2n) is 3.61. The first-order valence-electron chi connectivity index (χ1n) is 4.94. The highest BCUT2D eigenvalue weighted by Crippen LogP contribution is 1.89. The predicted octanol–water partition coefficient (Wildman–Crippen LogP) is -0.874. The third-order valence-corrected chi connectivity index (χ3v) is 2.39. The zero-order chi connectivity index (χ0) is 9.52. The van der Waals surface area contributed by atoms with Gasteiger partial charge in [0.15, 0.2) is 0 Å². The van der Waals surface area contributed by atoms with Gasteiger partial charge in [-0.15, -0.1) is 0 Å². The molecule has 0 bridgehead atoms. The summed E-state index contributed by atoms with van der Waals surface area (Å²) in [6.45, 7) is 6.26. The Morgan fingerprint density at radius 3 is 2.77 bits per heavy atom. The lowest BCUT2D eigenvalue weighted by atomic mass is 10.2. The van der Waals surface area contributed by atoms with Gasteiger partial charge in [0.05, 0.1) is 6.61 Å². The van der Waals surface area contributed by atoms with Crippen molar-refractivity contribution < 1.29 is 4.74 Å². The van der Waals surface area contributed by atoms with Gasteiger partial charge in [0.2, 0.25) is 0 Å². The summed E-state index contributed by atoms with van der Waals surface area (Å²) in [7, 11) is 3.87. The van der Waals surface area contributed by atoms with E-state index in [1.807, 2.05) is 0 Å². The first kappa shape index (κ1) is 10.9. The van der Waals surface area contributed by atoms with Crippen LogP contribution in [0.25, 0.3) is 0 Å². The minimum Gasteiger partial charge on any atom is -0.383 e. The first-order chi connectivity index (χ1) is 6.33. The molecule has 0 aliphatic carbocycles. The van der Waals surface area contributed by atoms with Crippen LogP contribution in [0.3, 0.4) is 0 Å². The smallest absolute Gasteiger partial charge is 0.0589 e. The maximum absolute atomic E-state index is 5.00. The van der Waals surface area contributed by atoms with E-state index < -0.39 is 0 Å². The quantitative estimate of drug-likeness (QED) is 0.543. The van der Waals surface area contributed by atoms with Crippen molar-refractivity contribution in [3.8, 4) is 0 Å². The predicted molar refractivity (Wildman–Crippen MR) is 54.0 cm³/mol. The average molecular weight is 187 g/mol. The zero-order valence-electron chi connectivity index (χ0n) is 8.68. The summed E-state index contributed by atoms with van der Waals surface area (Å²) in [6, 6.07) is 0.704. The fourth-order valence-electron chi connectivity index (χ4n) is 1.25. The molecule has 0 saturated carbocycles. The molecule has 4 nitrogen and oxygen atoms in total. The molecule has 1 rings (SSSR count). The molecule has 2 N–H and O–H groups in total. The van der Waals surface area contributed by atoms with Gasteiger partial charge < -0.3 is 20.3 Å². The van der Waals surface area contributed by atoms with Crippen molar-refractivity contribution in [1.82, 2.24) is 15.5 Å². The monoisotopic (exact) mass is 187 g/mol. The summed E-state index contributed by atoms with van der Waals surface area (Å²) < 4.78 is 5.00. The highest BCUT2D eigenvalue weighted by molar-refractivity contribution is 4.81. The Bertz CT molecular complexity index is 128. The van der Waals surface area contributed by atoms with E-state index in [0.717, 1.165) is 39.3 Å². The Labute approximate surface area is 80.6 Å². The van der Waals surface area contributed by atoms with Crippen molar-refractivity contribution in [3.63, 3.8) is 0 Å². The van der Waals surface area contributed by atoms with E-state index in [1.54, 1.807) is 7.11 Å². The fraction of sp³-hybridized carbons (Fsp3) is 1.00. The zero-order valence-corrected chi connectivity index (χ0v) is 8.68. The van der Waals surface area contributed by atoms with E-state index in [4.69, 9.17) is 4.74 Å². The minimum atomic E-state index is 0.704. The lowest BCUT2D eigenvalue weighted by Crippen LogP contribution is -2.56. The van der Waals surface area contributed by atoms with Crippen LogP contribution < -0.4 is 10.6 Å². The lowest BCUT2D eigenvalue weighted by Gasteiger charge is -2.29. The van der Waals surface area contributed by atoms with Gasteiger partial charge in [-0.1, -0.05) is 0 Å². The molecule has 0 amide bonds. The van der Waals surface area contributed by atoms with E-state index in [1.165, 1.54) is 0 Å². The molecule has 0 spiro atoms. The van der Waals surface area contributed by atoms with Crippen LogP contribution in [0, 0.1) is 0 Å². The van der Waals surface area contributed by atoms with E-state index in [9.17, 15) is 0 Å². The van der Waals surface area contributed by atoms with Crippen LogP contribution in [-0.4, -0.2) is 64.4 Å². The van der Waals surface area contributed by atoms with Crippen LogP contribution in [0.15, 0.2) is 0 Å². The van der Waals surface area contributed by atoms with Gasteiger partial charge in [-0.05, 0) is 7.05 Å². The van der Waals surface area contributed by atoms with Crippen LogP contribution in [0.2, 0.25) is 0 Å². The molecule has 0 radical (unpaired) electrons. The van der Waals surface area contributed by atoms with Gasteiger partial charge in [-0.25, -0.2) is 0 Å². The molecule has 1 aliphatic rings. The summed E-state index contributed by atoms with van der Waals surface area (Å²) in [6.07, 6.45) is 0. The topological polar surface area (TPSA) is 36.5 Å². The summed E-state index contributed by atoms with van der Waals surface area (Å²) in [4.78, 5) is 2.28. The highest BCUT2D eigenvalue weighted by Gasteiger charge is 2.14. The molecule has 0 aromatic rings. The van der Waals surface area contributed by atoms with Gasteiger partial charge in [0.25, 0.3) is 0 Å². The summed E-state index contributed by atoms with van der Waals surface area (Å²) in [5, 5.41) is 6.72. The van der Waals surface area contributed by atoms with Crippen molar-refractivity contribution in [2.24, 2.45) is 0 Å². The van der Waals surface area contributed by atoms with E-state index >= 15 is 0 Å². The largest absolute Gasteiger partial charge is 0.383 e. The van der Waals surface area contributed by atoms with E-state index in [-0.39, 0.29) is 0 Å². The molecule has 13 heavy (non-hydrogen) atoms. The highest BCUT2D eigenvalue weighted by atomic mass is 16.5. The van der Waals surface area contributed by atoms with E-state index in [2.05, 4.69) is 22.6 Å². The molecular formula is C9H21N3O. The second kappa shape index (κ2) is 6.32. The van der Waals surface area contributed by atoms with Gasteiger partial charge in [-0.3, -0.25) is 0 Å². The Morgan fingerprint density at radius 1 is 1.46 bits per heavy atom. The number of ether oxygens (including phenoxy) is 1. The Balaban J connectivity index is 1.85. The molecule has 0 aromatic carbocycles. The van der Waals surface area contributed by atoms with Gasteiger partial charge >= 0.3 is 0 Å². The number of hydrogen-bond acceptors (Lipinski definition) is 4. The lowest BCUT2D eigenvalue weighted by molar-refractivity contribution is 0.160.